The van der Waals surface area contributed by atoms with E-state index in [9.17, 15) is 4.79 Å². The van der Waals surface area contributed by atoms with Gasteiger partial charge in [0.25, 0.3) is 5.91 Å². The molecule has 8 heteroatoms. The lowest BCUT2D eigenvalue weighted by Gasteiger charge is -2.32. The van der Waals surface area contributed by atoms with E-state index in [1.807, 2.05) is 41.8 Å². The number of thiophene rings is 1. The zero-order valence-electron chi connectivity index (χ0n) is 16.1. The Morgan fingerprint density at radius 2 is 2.10 bits per heavy atom. The number of carbonyl (C=O) groups excluding carboxylic acids is 1. The number of nitrogens with one attached hydrogen (secondary N) is 2. The number of nitrogens with zero attached hydrogens (tertiary/aromatic N) is 4. The largest absolute Gasteiger partial charge is 0.355 e. The number of aromatic nitrogens is 4. The van der Waals surface area contributed by atoms with Gasteiger partial charge in [-0.3, -0.25) is 14.3 Å². The van der Waals surface area contributed by atoms with Crippen molar-refractivity contribution < 1.29 is 4.79 Å². The van der Waals surface area contributed by atoms with Crippen LogP contribution in [0, 0.1) is 6.92 Å². The Bertz CT molecular complexity index is 1140. The van der Waals surface area contributed by atoms with Crippen LogP contribution in [-0.4, -0.2) is 44.6 Å². The molecule has 4 aromatic rings. The first-order chi connectivity index (χ1) is 14.2. The summed E-state index contributed by atoms with van der Waals surface area (Å²) >= 11 is 1.70. The Morgan fingerprint density at radius 1 is 1.24 bits per heavy atom. The number of H-pyrrole nitrogens is 1. The van der Waals surface area contributed by atoms with E-state index in [4.69, 9.17) is 0 Å². The second-order valence-electron chi connectivity index (χ2n) is 7.33. The van der Waals surface area contributed by atoms with E-state index >= 15 is 0 Å². The molecule has 0 saturated carbocycles. The van der Waals surface area contributed by atoms with Gasteiger partial charge in [0.2, 0.25) is 0 Å². The number of hydrogen-bond donors (Lipinski definition) is 2. The summed E-state index contributed by atoms with van der Waals surface area (Å²) in [6.07, 6.45) is 3.67. The van der Waals surface area contributed by atoms with Gasteiger partial charge in [0.15, 0.2) is 5.82 Å². The smallest absolute Gasteiger partial charge is 0.270 e. The lowest BCUT2D eigenvalue weighted by atomic mass is 10.0. The molecule has 0 aromatic carbocycles. The van der Waals surface area contributed by atoms with Gasteiger partial charge < -0.3 is 10.2 Å². The number of anilines is 1. The van der Waals surface area contributed by atoms with Gasteiger partial charge in [-0.05, 0) is 43.3 Å². The quantitative estimate of drug-likeness (QED) is 0.544. The summed E-state index contributed by atoms with van der Waals surface area (Å²) in [6, 6.07) is 12.1. The van der Waals surface area contributed by atoms with E-state index in [0.29, 0.717) is 5.69 Å². The Hall–Kier alpha value is -3.13. The maximum absolute atomic E-state index is 12.9. The molecular formula is C21H22N6OS. The minimum atomic E-state index is -0.0561. The predicted octanol–water partition coefficient (Wildman–Crippen LogP) is 3.49. The highest BCUT2D eigenvalue weighted by Gasteiger charge is 2.25. The average Bonchev–Trinajstić information content (AvgIpc) is 3.47. The van der Waals surface area contributed by atoms with Crippen LogP contribution in [0.2, 0.25) is 0 Å². The molecule has 4 aromatic heterocycles. The van der Waals surface area contributed by atoms with Crippen LogP contribution in [0.15, 0.2) is 48.0 Å². The summed E-state index contributed by atoms with van der Waals surface area (Å²) in [7, 11) is 0. The van der Waals surface area contributed by atoms with Crippen LogP contribution in [-0.2, 0) is 0 Å². The number of rotatable bonds is 4. The fraction of sp³-hybridized carbons (Fsp3) is 0.286. The molecule has 5 rings (SSSR count). The third-order valence-electron chi connectivity index (χ3n) is 5.42. The zero-order valence-corrected chi connectivity index (χ0v) is 16.9. The highest BCUT2D eigenvalue weighted by molar-refractivity contribution is 7.13. The van der Waals surface area contributed by atoms with E-state index in [1.165, 1.54) is 4.88 Å². The summed E-state index contributed by atoms with van der Waals surface area (Å²) < 4.78 is 1.86. The van der Waals surface area contributed by atoms with Gasteiger partial charge in [0, 0.05) is 31.4 Å². The number of carbonyl (C=O) groups is 1. The second kappa shape index (κ2) is 7.36. The molecule has 0 bridgehead atoms. The number of pyridine rings is 1. The van der Waals surface area contributed by atoms with Gasteiger partial charge in [-0.2, -0.15) is 5.10 Å². The third-order valence-corrected chi connectivity index (χ3v) is 6.33. The molecule has 1 aliphatic rings. The van der Waals surface area contributed by atoms with E-state index < -0.39 is 0 Å². The molecule has 7 nitrogen and oxygen atoms in total. The monoisotopic (exact) mass is 406 g/mol. The van der Waals surface area contributed by atoms with Gasteiger partial charge in [-0.25, -0.2) is 4.98 Å². The molecule has 0 unspecified atom stereocenters. The van der Waals surface area contributed by atoms with Crippen LogP contribution >= 0.6 is 11.3 Å². The molecule has 0 atom stereocenters. The first-order valence-corrected chi connectivity index (χ1v) is 10.7. The minimum Gasteiger partial charge on any atom is -0.355 e. The fourth-order valence-corrected chi connectivity index (χ4v) is 4.62. The van der Waals surface area contributed by atoms with Gasteiger partial charge in [0.05, 0.1) is 16.3 Å². The highest BCUT2D eigenvalue weighted by Crippen LogP contribution is 2.27. The Kier molecular flexibility index (Phi) is 4.55. The number of aromatic amines is 1. The van der Waals surface area contributed by atoms with Crippen molar-refractivity contribution in [2.75, 3.05) is 18.0 Å². The van der Waals surface area contributed by atoms with Crippen LogP contribution in [0.3, 0.4) is 0 Å². The molecule has 2 N–H and O–H groups in total. The predicted molar refractivity (Wildman–Crippen MR) is 115 cm³/mol. The maximum atomic E-state index is 12.9. The molecule has 1 aliphatic heterocycles. The second-order valence-corrected chi connectivity index (χ2v) is 8.27. The van der Waals surface area contributed by atoms with Crippen molar-refractivity contribution in [2.24, 2.45) is 0 Å². The molecular weight excluding hydrogens is 384 g/mol. The molecule has 29 heavy (non-hydrogen) atoms. The summed E-state index contributed by atoms with van der Waals surface area (Å²) in [6.45, 7) is 3.62. The Morgan fingerprint density at radius 3 is 2.90 bits per heavy atom. The standard InChI is InChI=1S/C21H22N6OS/c1-14-20(27-9-3-2-6-18(27)22-14)21(28)23-15-7-10-26(11-8-15)19-13-16(24-25-19)17-5-4-12-29-17/h2-6,9,12-13,15H,7-8,10-11H2,1H3,(H,23,28)(H,24,25). The number of hydrogen-bond acceptors (Lipinski definition) is 5. The van der Waals surface area contributed by atoms with E-state index in [2.05, 4.69) is 42.9 Å². The van der Waals surface area contributed by atoms with Gasteiger partial charge >= 0.3 is 0 Å². The number of piperidine rings is 1. The number of aryl methyl sites for hydroxylation is 1. The first-order valence-electron chi connectivity index (χ1n) is 9.78. The van der Waals surface area contributed by atoms with Crippen LogP contribution in [0.5, 0.6) is 0 Å². The molecule has 0 spiro atoms. The summed E-state index contributed by atoms with van der Waals surface area (Å²) in [5.74, 6) is 0.912. The minimum absolute atomic E-state index is 0.0561. The summed E-state index contributed by atoms with van der Waals surface area (Å²) in [5.41, 5.74) is 3.22. The lowest BCUT2D eigenvalue weighted by Crippen LogP contribution is -2.45. The molecule has 148 valence electrons. The first kappa shape index (κ1) is 17.9. The van der Waals surface area contributed by atoms with Crippen molar-refractivity contribution in [1.82, 2.24) is 24.9 Å². The van der Waals surface area contributed by atoms with E-state index in [1.54, 1.807) is 11.3 Å². The molecule has 1 saturated heterocycles. The zero-order chi connectivity index (χ0) is 19.8. The van der Waals surface area contributed by atoms with Gasteiger partial charge in [-0.1, -0.05) is 12.1 Å². The Balaban J connectivity index is 1.23. The number of amides is 1. The lowest BCUT2D eigenvalue weighted by molar-refractivity contribution is 0.0924. The number of fused-ring (bicyclic) bond motifs is 1. The van der Waals surface area contributed by atoms with Crippen molar-refractivity contribution in [3.05, 3.63) is 59.4 Å². The molecule has 0 radical (unpaired) electrons. The van der Waals surface area contributed by atoms with Crippen LogP contribution in [0.1, 0.15) is 29.0 Å². The van der Waals surface area contributed by atoms with Crippen molar-refractivity contribution in [3.63, 3.8) is 0 Å². The summed E-state index contributed by atoms with van der Waals surface area (Å²) in [5, 5.41) is 12.9. The molecule has 5 heterocycles. The molecule has 0 aliphatic carbocycles. The molecule has 1 fully saturated rings. The van der Waals surface area contributed by atoms with E-state index in [-0.39, 0.29) is 11.9 Å². The van der Waals surface area contributed by atoms with E-state index in [0.717, 1.165) is 48.8 Å². The third kappa shape index (κ3) is 3.40. The fourth-order valence-electron chi connectivity index (χ4n) is 3.92. The topological polar surface area (TPSA) is 78.3 Å². The Labute approximate surface area is 172 Å². The van der Waals surface area contributed by atoms with Crippen molar-refractivity contribution in [1.29, 1.82) is 0 Å². The summed E-state index contributed by atoms with van der Waals surface area (Å²) in [4.78, 5) is 20.8. The van der Waals surface area contributed by atoms with Crippen molar-refractivity contribution in [2.45, 2.75) is 25.8 Å². The maximum Gasteiger partial charge on any atom is 0.270 e. The van der Waals surface area contributed by atoms with Crippen molar-refractivity contribution >= 4 is 28.7 Å². The van der Waals surface area contributed by atoms with Crippen LogP contribution in [0.4, 0.5) is 5.82 Å². The van der Waals surface area contributed by atoms with Gasteiger partial charge in [0.1, 0.15) is 11.3 Å². The van der Waals surface area contributed by atoms with Crippen LogP contribution < -0.4 is 10.2 Å². The van der Waals surface area contributed by atoms with Crippen molar-refractivity contribution in [3.8, 4) is 10.6 Å². The van der Waals surface area contributed by atoms with Gasteiger partial charge in [-0.15, -0.1) is 11.3 Å². The SMILES string of the molecule is Cc1nc2ccccn2c1C(=O)NC1CCN(c2cc(-c3cccs3)[nH]n2)CC1. The molecule has 1 amide bonds. The van der Waals surface area contributed by atoms with Crippen LogP contribution in [0.25, 0.3) is 16.2 Å². The average molecular weight is 407 g/mol. The number of imidazole rings is 1. The normalized spacial score (nSPS) is 15.1. The highest BCUT2D eigenvalue weighted by atomic mass is 32.1.